The van der Waals surface area contributed by atoms with Gasteiger partial charge in [-0.25, -0.2) is 0 Å². The van der Waals surface area contributed by atoms with E-state index < -0.39 is 0 Å². The first-order valence-corrected chi connectivity index (χ1v) is 13.4. The highest BCUT2D eigenvalue weighted by Crippen LogP contribution is 2.30. The topological polar surface area (TPSA) is 73.9 Å². The van der Waals surface area contributed by atoms with Crippen molar-refractivity contribution in [3.8, 4) is 5.75 Å². The molecule has 3 aromatic rings. The Kier molecular flexibility index (Phi) is 9.20. The Morgan fingerprint density at radius 2 is 1.71 bits per heavy atom. The van der Waals surface area contributed by atoms with E-state index in [2.05, 4.69) is 15.5 Å². The molecule has 0 saturated carbocycles. The van der Waals surface area contributed by atoms with E-state index in [1.807, 2.05) is 55.1 Å². The number of carbonyl (C=O) groups is 2. The van der Waals surface area contributed by atoms with Crippen molar-refractivity contribution < 1.29 is 14.3 Å². The molecular weight excluding hydrogens is 520 g/mol. The maximum absolute atomic E-state index is 12.9. The smallest absolute Gasteiger partial charge is 0.257 e. The van der Waals surface area contributed by atoms with Gasteiger partial charge < -0.3 is 19.9 Å². The quantitative estimate of drug-likeness (QED) is 0.377. The van der Waals surface area contributed by atoms with Crippen molar-refractivity contribution in [2.45, 2.75) is 20.3 Å². The number of benzene rings is 3. The van der Waals surface area contributed by atoms with Crippen LogP contribution in [0.4, 0.5) is 11.4 Å². The number of piperazine rings is 1. The molecule has 0 aliphatic carbocycles. The molecular formula is C29H31ClN4O3S. The summed E-state index contributed by atoms with van der Waals surface area (Å²) in [7, 11) is 0. The number of ether oxygens (including phenoxy) is 1. The van der Waals surface area contributed by atoms with Crippen LogP contribution >= 0.6 is 23.8 Å². The molecule has 1 saturated heterocycles. The molecule has 0 bridgehead atoms. The zero-order valence-electron chi connectivity index (χ0n) is 21.5. The van der Waals surface area contributed by atoms with Gasteiger partial charge in [-0.3, -0.25) is 14.9 Å². The summed E-state index contributed by atoms with van der Waals surface area (Å²) < 4.78 is 5.55. The van der Waals surface area contributed by atoms with Crippen molar-refractivity contribution in [3.63, 3.8) is 0 Å². The van der Waals surface area contributed by atoms with Gasteiger partial charge in [0.1, 0.15) is 5.75 Å². The van der Waals surface area contributed by atoms with Gasteiger partial charge in [-0.05, 0) is 79.7 Å². The second-order valence-corrected chi connectivity index (χ2v) is 9.86. The molecule has 0 radical (unpaired) electrons. The van der Waals surface area contributed by atoms with Crippen LogP contribution in [-0.4, -0.2) is 54.6 Å². The van der Waals surface area contributed by atoms with Gasteiger partial charge in [0, 0.05) is 43.0 Å². The van der Waals surface area contributed by atoms with Crippen LogP contribution in [0.15, 0.2) is 66.7 Å². The van der Waals surface area contributed by atoms with E-state index >= 15 is 0 Å². The highest BCUT2D eigenvalue weighted by atomic mass is 35.5. The second kappa shape index (κ2) is 12.8. The van der Waals surface area contributed by atoms with Gasteiger partial charge in [-0.1, -0.05) is 36.7 Å². The average molecular weight is 551 g/mol. The summed E-state index contributed by atoms with van der Waals surface area (Å²) in [6, 6.07) is 20.1. The SMILES string of the molecule is CCCOc1ccc(C(=O)NC(=S)Nc2ccc(N3CCN(C(=O)c4ccccc4C)CC3)c(Cl)c2)cc1. The van der Waals surface area contributed by atoms with Crippen molar-refractivity contribution in [2.24, 2.45) is 0 Å². The van der Waals surface area contributed by atoms with Crippen LogP contribution in [0.3, 0.4) is 0 Å². The first-order chi connectivity index (χ1) is 18.4. The van der Waals surface area contributed by atoms with Gasteiger partial charge in [0.25, 0.3) is 11.8 Å². The zero-order valence-corrected chi connectivity index (χ0v) is 23.1. The average Bonchev–Trinajstić information content (AvgIpc) is 2.92. The van der Waals surface area contributed by atoms with Crippen LogP contribution in [0, 0.1) is 6.92 Å². The van der Waals surface area contributed by atoms with Crippen molar-refractivity contribution in [1.82, 2.24) is 10.2 Å². The number of halogens is 1. The molecule has 2 amide bonds. The zero-order chi connectivity index (χ0) is 27.1. The molecule has 0 aromatic heterocycles. The van der Waals surface area contributed by atoms with Crippen LogP contribution < -0.4 is 20.3 Å². The third-order valence-corrected chi connectivity index (χ3v) is 6.81. The van der Waals surface area contributed by atoms with E-state index in [1.165, 1.54) is 0 Å². The Hall–Kier alpha value is -3.62. The molecule has 4 rings (SSSR count). The van der Waals surface area contributed by atoms with Crippen molar-refractivity contribution in [1.29, 1.82) is 0 Å². The third-order valence-electron chi connectivity index (χ3n) is 6.31. The molecule has 1 heterocycles. The van der Waals surface area contributed by atoms with Crippen LogP contribution in [-0.2, 0) is 0 Å². The Morgan fingerprint density at radius 3 is 2.37 bits per heavy atom. The minimum atomic E-state index is -0.314. The minimum Gasteiger partial charge on any atom is -0.494 e. The minimum absolute atomic E-state index is 0.0599. The number of hydrogen-bond donors (Lipinski definition) is 2. The predicted molar refractivity (Wildman–Crippen MR) is 157 cm³/mol. The highest BCUT2D eigenvalue weighted by molar-refractivity contribution is 7.80. The lowest BCUT2D eigenvalue weighted by molar-refractivity contribution is 0.0746. The standard InChI is InChI=1S/C29H31ClN4O3S/c1-3-18-37-23-11-8-21(9-12-23)27(35)32-29(38)31-22-10-13-26(25(30)19-22)33-14-16-34(17-15-33)28(36)24-7-5-4-6-20(24)2/h4-13,19H,3,14-18H2,1-2H3,(H2,31,32,35,38). The number of thiocarbonyl (C=S) groups is 1. The molecule has 1 aliphatic heterocycles. The molecule has 198 valence electrons. The number of nitrogens with zero attached hydrogens (tertiary/aromatic N) is 2. The molecule has 38 heavy (non-hydrogen) atoms. The Balaban J connectivity index is 1.30. The maximum Gasteiger partial charge on any atom is 0.257 e. The summed E-state index contributed by atoms with van der Waals surface area (Å²) >= 11 is 11.9. The molecule has 7 nitrogen and oxygen atoms in total. The van der Waals surface area contributed by atoms with E-state index in [9.17, 15) is 9.59 Å². The number of anilines is 2. The summed E-state index contributed by atoms with van der Waals surface area (Å²) in [4.78, 5) is 29.5. The van der Waals surface area contributed by atoms with Crippen LogP contribution in [0.5, 0.6) is 5.75 Å². The predicted octanol–water partition coefficient (Wildman–Crippen LogP) is 5.53. The lowest BCUT2D eigenvalue weighted by Gasteiger charge is -2.36. The number of nitrogens with one attached hydrogen (secondary N) is 2. The molecule has 1 fully saturated rings. The highest BCUT2D eigenvalue weighted by Gasteiger charge is 2.24. The number of carbonyl (C=O) groups excluding carboxylic acids is 2. The van der Waals surface area contributed by atoms with Crippen LogP contribution in [0.1, 0.15) is 39.6 Å². The lowest BCUT2D eigenvalue weighted by atomic mass is 10.1. The normalized spacial score (nSPS) is 13.1. The largest absolute Gasteiger partial charge is 0.494 e. The molecule has 2 N–H and O–H groups in total. The van der Waals surface area contributed by atoms with Gasteiger partial charge >= 0.3 is 0 Å². The fraction of sp³-hybridized carbons (Fsp3) is 0.276. The Labute approximate surface area is 233 Å². The van der Waals surface area contributed by atoms with Gasteiger partial charge in [-0.2, -0.15) is 0 Å². The van der Waals surface area contributed by atoms with E-state index in [4.69, 9.17) is 28.6 Å². The summed E-state index contributed by atoms with van der Waals surface area (Å²) in [5, 5.41) is 6.44. The summed E-state index contributed by atoms with van der Waals surface area (Å²) in [6.07, 6.45) is 0.916. The molecule has 0 atom stereocenters. The second-order valence-electron chi connectivity index (χ2n) is 9.04. The van der Waals surface area contributed by atoms with Crippen molar-refractivity contribution >= 4 is 52.1 Å². The number of amides is 2. The molecule has 0 spiro atoms. The van der Waals surface area contributed by atoms with Crippen molar-refractivity contribution in [3.05, 3.63) is 88.4 Å². The third kappa shape index (κ3) is 6.82. The Morgan fingerprint density at radius 1 is 1.00 bits per heavy atom. The molecule has 3 aromatic carbocycles. The van der Waals surface area contributed by atoms with Crippen LogP contribution in [0.2, 0.25) is 5.02 Å². The fourth-order valence-electron chi connectivity index (χ4n) is 4.23. The fourth-order valence-corrected chi connectivity index (χ4v) is 4.75. The summed E-state index contributed by atoms with van der Waals surface area (Å²) in [5.41, 5.74) is 3.76. The number of rotatable bonds is 7. The lowest BCUT2D eigenvalue weighted by Crippen LogP contribution is -2.49. The van der Waals surface area contributed by atoms with Crippen molar-refractivity contribution in [2.75, 3.05) is 43.0 Å². The summed E-state index contributed by atoms with van der Waals surface area (Å²) in [5.74, 6) is 0.466. The van der Waals surface area contributed by atoms with E-state index in [0.29, 0.717) is 49.1 Å². The number of hydrogen-bond acceptors (Lipinski definition) is 5. The first-order valence-electron chi connectivity index (χ1n) is 12.6. The Bertz CT molecular complexity index is 1310. The number of aryl methyl sites for hydroxylation is 1. The van der Waals surface area contributed by atoms with E-state index in [1.54, 1.807) is 30.3 Å². The first kappa shape index (κ1) is 27.4. The van der Waals surface area contributed by atoms with Crippen LogP contribution in [0.25, 0.3) is 0 Å². The maximum atomic E-state index is 12.9. The van der Waals surface area contributed by atoms with E-state index in [-0.39, 0.29) is 16.9 Å². The monoisotopic (exact) mass is 550 g/mol. The van der Waals surface area contributed by atoms with Gasteiger partial charge in [-0.15, -0.1) is 0 Å². The molecule has 1 aliphatic rings. The molecule has 0 unspecified atom stereocenters. The summed E-state index contributed by atoms with van der Waals surface area (Å²) in [6.45, 7) is 7.22. The van der Waals surface area contributed by atoms with Gasteiger partial charge in [0.05, 0.1) is 17.3 Å². The van der Waals surface area contributed by atoms with Gasteiger partial charge in [0.2, 0.25) is 0 Å². The molecule has 9 heteroatoms. The van der Waals surface area contributed by atoms with Gasteiger partial charge in [0.15, 0.2) is 5.11 Å². The van der Waals surface area contributed by atoms with E-state index in [0.717, 1.165) is 29.0 Å².